The van der Waals surface area contributed by atoms with Gasteiger partial charge >= 0.3 is 0 Å². The average Bonchev–Trinajstić information content (AvgIpc) is 2.81. The molecule has 0 bridgehead atoms. The second-order valence-electron chi connectivity index (χ2n) is 10.2. The van der Waals surface area contributed by atoms with Crippen molar-refractivity contribution in [2.24, 2.45) is 17.8 Å². The van der Waals surface area contributed by atoms with Gasteiger partial charge in [0.2, 0.25) is 0 Å². The summed E-state index contributed by atoms with van der Waals surface area (Å²) in [7, 11) is 0. The molecule has 2 fully saturated rings. The molecule has 0 N–H and O–H groups in total. The second kappa shape index (κ2) is 11.2. The van der Waals surface area contributed by atoms with Crippen LogP contribution in [0.1, 0.15) is 96.0 Å². The molecule has 4 unspecified atom stereocenters. The number of ether oxygens (including phenoxy) is 1. The molecular formula is C30H42O. The van der Waals surface area contributed by atoms with E-state index in [1.54, 1.807) is 5.56 Å². The van der Waals surface area contributed by atoms with Crippen molar-refractivity contribution < 1.29 is 4.74 Å². The summed E-state index contributed by atoms with van der Waals surface area (Å²) >= 11 is 0. The Balaban J connectivity index is 1.33. The third-order valence-electron chi connectivity index (χ3n) is 8.08. The molecule has 2 aliphatic carbocycles. The lowest BCUT2D eigenvalue weighted by molar-refractivity contribution is 0.113. The lowest BCUT2D eigenvalue weighted by Gasteiger charge is -2.42. The highest BCUT2D eigenvalue weighted by Crippen LogP contribution is 2.48. The van der Waals surface area contributed by atoms with Crippen LogP contribution in [-0.2, 0) is 0 Å². The Kier molecular flexibility index (Phi) is 8.11. The van der Waals surface area contributed by atoms with Crippen molar-refractivity contribution in [3.05, 3.63) is 54.1 Å². The summed E-state index contributed by atoms with van der Waals surface area (Å²) in [5.41, 5.74) is 1.57. The van der Waals surface area contributed by atoms with Gasteiger partial charge in [0.05, 0.1) is 0 Å². The Bertz CT molecular complexity index is 851. The number of fused-ring (bicyclic) bond motifs is 2. The summed E-state index contributed by atoms with van der Waals surface area (Å²) in [6.45, 7) is 4.99. The zero-order valence-electron chi connectivity index (χ0n) is 19.8. The third-order valence-corrected chi connectivity index (χ3v) is 8.08. The van der Waals surface area contributed by atoms with Crippen molar-refractivity contribution in [1.29, 1.82) is 0 Å². The Morgan fingerprint density at radius 2 is 1.68 bits per heavy atom. The number of hydrogen-bond acceptors (Lipinski definition) is 1. The predicted octanol–water partition coefficient (Wildman–Crippen LogP) is 9.07. The maximum absolute atomic E-state index is 5.82. The van der Waals surface area contributed by atoms with Gasteiger partial charge in [-0.2, -0.15) is 0 Å². The molecule has 2 aromatic carbocycles. The van der Waals surface area contributed by atoms with E-state index < -0.39 is 0 Å². The highest BCUT2D eigenvalue weighted by molar-refractivity contribution is 5.84. The highest BCUT2D eigenvalue weighted by atomic mass is 16.5. The topological polar surface area (TPSA) is 9.23 Å². The van der Waals surface area contributed by atoms with Crippen molar-refractivity contribution in [2.75, 3.05) is 6.61 Å². The molecule has 0 spiro atoms. The third kappa shape index (κ3) is 5.93. The Hall–Kier alpha value is -1.76. The van der Waals surface area contributed by atoms with Crippen molar-refractivity contribution in [3.63, 3.8) is 0 Å². The molecule has 0 saturated heterocycles. The van der Waals surface area contributed by atoms with Crippen LogP contribution < -0.4 is 4.74 Å². The van der Waals surface area contributed by atoms with Gasteiger partial charge in [0.25, 0.3) is 0 Å². The maximum atomic E-state index is 5.82. The molecule has 2 aliphatic rings. The minimum Gasteiger partial charge on any atom is -0.490 e. The average molecular weight is 419 g/mol. The lowest BCUT2D eigenvalue weighted by Crippen LogP contribution is -2.30. The Morgan fingerprint density at radius 1 is 0.871 bits per heavy atom. The molecule has 168 valence electrons. The van der Waals surface area contributed by atoms with E-state index in [2.05, 4.69) is 43.3 Å². The maximum Gasteiger partial charge on any atom is 0.120 e. The van der Waals surface area contributed by atoms with Gasteiger partial charge in [-0.05, 0) is 91.2 Å². The molecule has 2 saturated carbocycles. The van der Waals surface area contributed by atoms with Crippen LogP contribution in [0.4, 0.5) is 0 Å². The molecule has 31 heavy (non-hydrogen) atoms. The van der Waals surface area contributed by atoms with Crippen molar-refractivity contribution in [2.45, 2.75) is 90.4 Å². The van der Waals surface area contributed by atoms with Gasteiger partial charge in [0.1, 0.15) is 12.4 Å². The first-order chi connectivity index (χ1) is 15.3. The lowest BCUT2D eigenvalue weighted by atomic mass is 9.63. The quantitative estimate of drug-likeness (QED) is 0.291. The van der Waals surface area contributed by atoms with Gasteiger partial charge in [-0.1, -0.05) is 81.9 Å². The van der Waals surface area contributed by atoms with Crippen LogP contribution in [0.3, 0.4) is 0 Å². The summed E-state index contributed by atoms with van der Waals surface area (Å²) < 4.78 is 5.82. The minimum absolute atomic E-state index is 0.643. The first-order valence-electron chi connectivity index (χ1n) is 13.0. The fourth-order valence-corrected chi connectivity index (χ4v) is 6.24. The van der Waals surface area contributed by atoms with E-state index in [0.717, 1.165) is 29.4 Å². The molecule has 1 nitrogen and oxygen atoms in total. The Morgan fingerprint density at radius 3 is 2.55 bits per heavy atom. The monoisotopic (exact) mass is 418 g/mol. The standard InChI is InChI=1S/C30H42O/c1-3-5-7-8-9-23-10-11-25-20-26(13-12-24(25)19-23)27-14-15-29-22-30(31-18-6-4-2)17-16-28(29)21-27/h4,6,14-17,21-26H,3,5,7-13,18-20H2,1-2H3/b6-4+. The normalized spacial score (nSPS) is 26.3. The Labute approximate surface area is 190 Å². The molecule has 0 heterocycles. The SMILES string of the molecule is C/C=C/COc1ccc2cc(C3CCC4CC(CCCCCC)CCC4C3)ccc2c1. The first kappa shape index (κ1) is 22.4. The van der Waals surface area contributed by atoms with E-state index in [0.29, 0.717) is 6.61 Å². The van der Waals surface area contributed by atoms with E-state index in [1.165, 1.54) is 81.4 Å². The molecule has 0 radical (unpaired) electrons. The molecule has 0 aliphatic heterocycles. The van der Waals surface area contributed by atoms with Crippen LogP contribution in [0.5, 0.6) is 5.75 Å². The summed E-state index contributed by atoms with van der Waals surface area (Å²) in [5, 5.41) is 2.65. The van der Waals surface area contributed by atoms with E-state index >= 15 is 0 Å². The van der Waals surface area contributed by atoms with Crippen LogP contribution in [0.25, 0.3) is 10.8 Å². The molecule has 2 aromatic rings. The van der Waals surface area contributed by atoms with Crippen molar-refractivity contribution >= 4 is 10.8 Å². The van der Waals surface area contributed by atoms with Crippen LogP contribution >= 0.6 is 0 Å². The zero-order valence-corrected chi connectivity index (χ0v) is 19.8. The summed E-state index contributed by atoms with van der Waals surface area (Å²) in [6.07, 6.45) is 20.0. The number of unbranched alkanes of at least 4 members (excludes halogenated alkanes) is 3. The first-order valence-corrected chi connectivity index (χ1v) is 13.0. The molecule has 0 aromatic heterocycles. The number of rotatable bonds is 9. The van der Waals surface area contributed by atoms with Crippen molar-refractivity contribution in [1.82, 2.24) is 0 Å². The van der Waals surface area contributed by atoms with Gasteiger partial charge < -0.3 is 4.74 Å². The fourth-order valence-electron chi connectivity index (χ4n) is 6.24. The number of benzene rings is 2. The van der Waals surface area contributed by atoms with E-state index in [-0.39, 0.29) is 0 Å². The van der Waals surface area contributed by atoms with Crippen molar-refractivity contribution in [3.8, 4) is 5.75 Å². The molecule has 4 rings (SSSR count). The summed E-state index contributed by atoms with van der Waals surface area (Å²) in [4.78, 5) is 0. The summed E-state index contributed by atoms with van der Waals surface area (Å²) in [6, 6.07) is 13.7. The minimum atomic E-state index is 0.643. The van der Waals surface area contributed by atoms with Crippen LogP contribution in [-0.4, -0.2) is 6.61 Å². The molecule has 1 heteroatoms. The molecule has 4 atom stereocenters. The van der Waals surface area contributed by atoms with Crippen LogP contribution in [0.2, 0.25) is 0 Å². The van der Waals surface area contributed by atoms with Gasteiger partial charge in [-0.3, -0.25) is 0 Å². The fraction of sp³-hybridized carbons (Fsp3) is 0.600. The van der Waals surface area contributed by atoms with E-state index in [4.69, 9.17) is 4.74 Å². The number of hydrogen-bond donors (Lipinski definition) is 0. The second-order valence-corrected chi connectivity index (χ2v) is 10.2. The van der Waals surface area contributed by atoms with Gasteiger partial charge in [0, 0.05) is 0 Å². The van der Waals surface area contributed by atoms with Gasteiger partial charge in [-0.15, -0.1) is 0 Å². The largest absolute Gasteiger partial charge is 0.490 e. The summed E-state index contributed by atoms with van der Waals surface area (Å²) in [5.74, 6) is 4.74. The van der Waals surface area contributed by atoms with E-state index in [1.807, 2.05) is 19.1 Å². The zero-order chi connectivity index (χ0) is 21.5. The smallest absolute Gasteiger partial charge is 0.120 e. The molecule has 0 amide bonds. The molecular weight excluding hydrogens is 376 g/mol. The number of allylic oxidation sites excluding steroid dienone is 1. The van der Waals surface area contributed by atoms with Gasteiger partial charge in [0.15, 0.2) is 0 Å². The predicted molar refractivity (Wildman–Crippen MR) is 134 cm³/mol. The van der Waals surface area contributed by atoms with E-state index in [9.17, 15) is 0 Å². The van der Waals surface area contributed by atoms with Gasteiger partial charge in [-0.25, -0.2) is 0 Å². The van der Waals surface area contributed by atoms with Crippen LogP contribution in [0, 0.1) is 17.8 Å². The highest BCUT2D eigenvalue weighted by Gasteiger charge is 2.35. The van der Waals surface area contributed by atoms with Crippen LogP contribution in [0.15, 0.2) is 48.6 Å².